The van der Waals surface area contributed by atoms with Crippen LogP contribution in [0.3, 0.4) is 0 Å². The molecule has 1 fully saturated rings. The number of benzene rings is 1. The predicted molar refractivity (Wildman–Crippen MR) is 111 cm³/mol. The van der Waals surface area contributed by atoms with E-state index in [2.05, 4.69) is 9.97 Å². The summed E-state index contributed by atoms with van der Waals surface area (Å²) in [6.07, 6.45) is 2.28. The molecule has 3 aromatic rings. The highest BCUT2D eigenvalue weighted by atomic mass is 32.2. The number of carbonyl (C=O) groups excluding carboxylic acids is 1. The van der Waals surface area contributed by atoms with Crippen molar-refractivity contribution < 1.29 is 9.53 Å². The monoisotopic (exact) mass is 416 g/mol. The number of imidazole rings is 1. The van der Waals surface area contributed by atoms with E-state index < -0.39 is 0 Å². The van der Waals surface area contributed by atoms with Crippen LogP contribution in [0, 0.1) is 10.6 Å². The van der Waals surface area contributed by atoms with Crippen molar-refractivity contribution in [3.05, 3.63) is 45.0 Å². The van der Waals surface area contributed by atoms with Gasteiger partial charge in [-0.3, -0.25) is 13.9 Å². The van der Waals surface area contributed by atoms with Crippen LogP contribution in [0.15, 0.2) is 34.2 Å². The lowest BCUT2D eigenvalue weighted by Crippen LogP contribution is -2.30. The summed E-state index contributed by atoms with van der Waals surface area (Å²) in [5, 5.41) is 0.571. The SMILES string of the molecule is COc1ccc(C(=O)CSc2nc3c([nH]2)c(=S)n(CC2CC2)c(=O)n3C)cc1. The van der Waals surface area contributed by atoms with Gasteiger partial charge in [0.15, 0.2) is 16.6 Å². The molecule has 28 heavy (non-hydrogen) atoms. The summed E-state index contributed by atoms with van der Waals surface area (Å²) in [5.74, 6) is 1.47. The van der Waals surface area contributed by atoms with Crippen LogP contribution in [-0.2, 0) is 13.6 Å². The van der Waals surface area contributed by atoms with Crippen molar-refractivity contribution in [3.8, 4) is 5.75 Å². The van der Waals surface area contributed by atoms with Gasteiger partial charge < -0.3 is 9.72 Å². The first-order valence-corrected chi connectivity index (χ1v) is 10.4. The predicted octanol–water partition coefficient (Wildman–Crippen LogP) is 3.19. The van der Waals surface area contributed by atoms with E-state index in [1.165, 1.54) is 16.3 Å². The van der Waals surface area contributed by atoms with E-state index in [0.717, 1.165) is 12.8 Å². The van der Waals surface area contributed by atoms with Crippen LogP contribution in [0.5, 0.6) is 5.75 Å². The minimum absolute atomic E-state index is 0.00982. The van der Waals surface area contributed by atoms with Gasteiger partial charge in [0.1, 0.15) is 15.9 Å². The number of Topliss-reactive ketones (excluding diaryl/α,β-unsaturated/α-hetero) is 1. The molecule has 0 aliphatic heterocycles. The molecule has 2 aromatic heterocycles. The molecule has 1 aromatic carbocycles. The van der Waals surface area contributed by atoms with Crippen molar-refractivity contribution >= 4 is 40.9 Å². The Balaban J connectivity index is 1.56. The lowest BCUT2D eigenvalue weighted by molar-refractivity contribution is 0.102. The largest absolute Gasteiger partial charge is 0.497 e. The Kier molecular flexibility index (Phi) is 5.11. The van der Waals surface area contributed by atoms with Crippen LogP contribution in [-0.4, -0.2) is 37.7 Å². The summed E-state index contributed by atoms with van der Waals surface area (Å²) in [5.41, 5.74) is 1.64. The molecule has 0 radical (unpaired) electrons. The van der Waals surface area contributed by atoms with Crippen molar-refractivity contribution in [2.45, 2.75) is 24.5 Å². The first kappa shape index (κ1) is 18.9. The average molecular weight is 417 g/mol. The first-order chi connectivity index (χ1) is 13.5. The zero-order chi connectivity index (χ0) is 19.8. The van der Waals surface area contributed by atoms with E-state index in [4.69, 9.17) is 17.0 Å². The number of aryl methyl sites for hydroxylation is 1. The van der Waals surface area contributed by atoms with Crippen LogP contribution >= 0.6 is 24.0 Å². The van der Waals surface area contributed by atoms with E-state index in [1.807, 2.05) is 0 Å². The number of thioether (sulfide) groups is 1. The second-order valence-electron chi connectivity index (χ2n) is 6.88. The molecule has 0 unspecified atom stereocenters. The normalized spacial score (nSPS) is 13.8. The number of nitrogens with zero attached hydrogens (tertiary/aromatic N) is 3. The van der Waals surface area contributed by atoms with Crippen LogP contribution in [0.25, 0.3) is 11.2 Å². The fraction of sp³-hybridized carbons (Fsp3) is 0.368. The Morgan fingerprint density at radius 3 is 2.71 bits per heavy atom. The number of H-pyrrole nitrogens is 1. The third-order valence-corrected chi connectivity index (χ3v) is 6.15. The maximum atomic E-state index is 12.6. The maximum Gasteiger partial charge on any atom is 0.330 e. The number of nitrogens with one attached hydrogen (secondary N) is 1. The van der Waals surface area contributed by atoms with Gasteiger partial charge in [-0.2, -0.15) is 0 Å². The second kappa shape index (κ2) is 7.56. The average Bonchev–Trinajstić information content (AvgIpc) is 3.43. The van der Waals surface area contributed by atoms with Gasteiger partial charge in [0.25, 0.3) is 0 Å². The zero-order valence-electron chi connectivity index (χ0n) is 15.6. The van der Waals surface area contributed by atoms with Crippen LogP contribution in [0.2, 0.25) is 0 Å². The Morgan fingerprint density at radius 1 is 1.36 bits per heavy atom. The molecule has 1 aliphatic carbocycles. The highest BCUT2D eigenvalue weighted by molar-refractivity contribution is 7.99. The Hall–Kier alpha value is -2.39. The molecule has 146 valence electrons. The summed E-state index contributed by atoms with van der Waals surface area (Å²) in [6.45, 7) is 0.652. The van der Waals surface area contributed by atoms with Gasteiger partial charge in [-0.15, -0.1) is 0 Å². The third-order valence-electron chi connectivity index (χ3n) is 4.85. The molecule has 7 nitrogen and oxygen atoms in total. The Morgan fingerprint density at radius 2 is 2.07 bits per heavy atom. The number of methoxy groups -OCH3 is 1. The molecular formula is C19H20N4O3S2. The number of fused-ring (bicyclic) bond motifs is 1. The van der Waals surface area contributed by atoms with E-state index in [-0.39, 0.29) is 17.2 Å². The summed E-state index contributed by atoms with van der Waals surface area (Å²) in [6, 6.07) is 7.01. The number of carbonyl (C=O) groups is 1. The van der Waals surface area contributed by atoms with Gasteiger partial charge in [0.05, 0.1) is 12.9 Å². The lowest BCUT2D eigenvalue weighted by Gasteiger charge is -2.08. The van der Waals surface area contributed by atoms with Crippen molar-refractivity contribution in [2.75, 3.05) is 12.9 Å². The molecule has 0 amide bonds. The molecule has 1 N–H and O–H groups in total. The number of ether oxygens (including phenoxy) is 1. The molecule has 0 spiro atoms. The van der Waals surface area contributed by atoms with Gasteiger partial charge in [-0.1, -0.05) is 24.0 Å². The first-order valence-electron chi connectivity index (χ1n) is 8.97. The van der Waals surface area contributed by atoms with Crippen molar-refractivity contribution in [3.63, 3.8) is 0 Å². The summed E-state index contributed by atoms with van der Waals surface area (Å²) in [7, 11) is 3.28. The summed E-state index contributed by atoms with van der Waals surface area (Å²) in [4.78, 5) is 32.7. The van der Waals surface area contributed by atoms with Crippen molar-refractivity contribution in [2.24, 2.45) is 13.0 Å². The number of aromatic amines is 1. The summed E-state index contributed by atoms with van der Waals surface area (Å²) >= 11 is 6.82. The Labute approximate surface area is 170 Å². The van der Waals surface area contributed by atoms with E-state index in [9.17, 15) is 9.59 Å². The standard InChI is InChI=1S/C19H20N4O3S2/c1-22-16-15(17(27)23(19(22)25)9-11-3-4-11)20-18(21-16)28-10-14(24)12-5-7-13(26-2)8-6-12/h5-8,11H,3-4,9-10H2,1-2H3,(H,20,21). The van der Waals surface area contributed by atoms with E-state index in [0.29, 0.717) is 44.7 Å². The fourth-order valence-electron chi connectivity index (χ4n) is 3.01. The molecule has 0 saturated heterocycles. The number of ketones is 1. The zero-order valence-corrected chi connectivity index (χ0v) is 17.2. The highest BCUT2D eigenvalue weighted by Gasteiger charge is 2.24. The molecule has 0 bridgehead atoms. The van der Waals surface area contributed by atoms with Gasteiger partial charge in [-0.25, -0.2) is 9.78 Å². The molecule has 0 atom stereocenters. The van der Waals surface area contributed by atoms with Crippen LogP contribution in [0.4, 0.5) is 0 Å². The van der Waals surface area contributed by atoms with Crippen molar-refractivity contribution in [1.29, 1.82) is 0 Å². The van der Waals surface area contributed by atoms with Gasteiger partial charge in [0.2, 0.25) is 0 Å². The highest BCUT2D eigenvalue weighted by Crippen LogP contribution is 2.30. The van der Waals surface area contributed by atoms with Crippen LogP contribution < -0.4 is 10.4 Å². The number of hydrogen-bond acceptors (Lipinski definition) is 6. The van der Waals surface area contributed by atoms with E-state index in [1.54, 1.807) is 43.0 Å². The van der Waals surface area contributed by atoms with Crippen molar-refractivity contribution in [1.82, 2.24) is 19.1 Å². The lowest BCUT2D eigenvalue weighted by atomic mass is 10.1. The number of aromatic nitrogens is 4. The topological polar surface area (TPSA) is 81.9 Å². The van der Waals surface area contributed by atoms with Gasteiger partial charge in [0, 0.05) is 19.2 Å². The summed E-state index contributed by atoms with van der Waals surface area (Å²) < 4.78 is 8.74. The van der Waals surface area contributed by atoms with Gasteiger partial charge >= 0.3 is 5.69 Å². The number of rotatable bonds is 7. The van der Waals surface area contributed by atoms with Gasteiger partial charge in [-0.05, 0) is 43.0 Å². The quantitative estimate of drug-likeness (QED) is 0.362. The molecular weight excluding hydrogens is 396 g/mol. The molecule has 2 heterocycles. The fourth-order valence-corrected chi connectivity index (χ4v) is 4.06. The maximum absolute atomic E-state index is 12.6. The number of hydrogen-bond donors (Lipinski definition) is 1. The third kappa shape index (κ3) is 3.64. The van der Waals surface area contributed by atoms with Crippen LogP contribution in [0.1, 0.15) is 23.2 Å². The van der Waals surface area contributed by atoms with E-state index >= 15 is 0 Å². The molecule has 1 saturated carbocycles. The minimum Gasteiger partial charge on any atom is -0.497 e. The molecule has 1 aliphatic rings. The molecule has 9 heteroatoms. The smallest absolute Gasteiger partial charge is 0.330 e. The second-order valence-corrected chi connectivity index (χ2v) is 8.23. The molecule has 4 rings (SSSR count). The minimum atomic E-state index is -0.151. The Bertz CT molecular complexity index is 1160.